The van der Waals surface area contributed by atoms with E-state index in [0.717, 1.165) is 4.88 Å². The van der Waals surface area contributed by atoms with Crippen LogP contribution in [0.25, 0.3) is 0 Å². The van der Waals surface area contributed by atoms with Crippen molar-refractivity contribution in [1.29, 1.82) is 0 Å². The van der Waals surface area contributed by atoms with Crippen molar-refractivity contribution < 1.29 is 14.7 Å². The lowest BCUT2D eigenvalue weighted by molar-refractivity contribution is -0.300. The lowest BCUT2D eigenvalue weighted by Crippen LogP contribution is -2.42. The van der Waals surface area contributed by atoms with Crippen molar-refractivity contribution in [3.63, 3.8) is 0 Å². The summed E-state index contributed by atoms with van der Waals surface area (Å²) in [6, 6.07) is 3.52. The Morgan fingerprint density at radius 1 is 1.46 bits per heavy atom. The number of carbonyl (C=O) groups excluding carboxylic acids is 2. The van der Waals surface area contributed by atoms with Gasteiger partial charge in [0.2, 0.25) is 0 Å². The fourth-order valence-corrected chi connectivity index (χ4v) is 1.85. The molecule has 0 N–H and O–H groups in total. The molecule has 0 aliphatic rings. The number of aliphatic carboxylic acids is 1. The van der Waals surface area contributed by atoms with Crippen LogP contribution in [0.1, 0.15) is 18.7 Å². The maximum absolute atomic E-state index is 11.2. The number of rotatable bonds is 3. The third kappa shape index (κ3) is 1.78. The smallest absolute Gasteiger partial charge is 0.189 e. The normalized spacial score (nSPS) is 11.2. The molecule has 0 unspecified atom stereocenters. The Kier molecular flexibility index (Phi) is 2.52. The first-order valence-corrected chi connectivity index (χ1v) is 4.64. The van der Waals surface area contributed by atoms with Gasteiger partial charge < -0.3 is 9.90 Å². The molecule has 0 radical (unpaired) electrons. The molecule has 1 aromatic rings. The van der Waals surface area contributed by atoms with Crippen LogP contribution >= 0.6 is 11.3 Å². The standard InChI is InChI=1S/C9H10O3S/c1-9(2,7(10)8(11)12)6-4-3-5-13-6/h3-5H,1-2H3,(H,11,12)/p-1. The molecule has 13 heavy (non-hydrogen) atoms. The van der Waals surface area contributed by atoms with E-state index in [1.165, 1.54) is 11.3 Å². The van der Waals surface area contributed by atoms with Gasteiger partial charge in [0, 0.05) is 4.88 Å². The molecule has 1 rings (SSSR count). The lowest BCUT2D eigenvalue weighted by atomic mass is 9.86. The molecule has 0 saturated heterocycles. The highest BCUT2D eigenvalue weighted by Gasteiger charge is 2.31. The van der Waals surface area contributed by atoms with Crippen molar-refractivity contribution in [1.82, 2.24) is 0 Å². The minimum absolute atomic E-state index is 0.738. The molecule has 0 aliphatic heterocycles. The van der Waals surface area contributed by atoms with Crippen LogP contribution in [0.5, 0.6) is 0 Å². The van der Waals surface area contributed by atoms with Gasteiger partial charge in [-0.1, -0.05) is 6.07 Å². The van der Waals surface area contributed by atoms with Gasteiger partial charge in [-0.05, 0) is 25.3 Å². The van der Waals surface area contributed by atoms with Crippen LogP contribution in [0.4, 0.5) is 0 Å². The Balaban J connectivity index is 3.02. The number of thiophene rings is 1. The Bertz CT molecular complexity index is 325. The minimum Gasteiger partial charge on any atom is -0.542 e. The highest BCUT2D eigenvalue weighted by molar-refractivity contribution is 7.10. The lowest BCUT2D eigenvalue weighted by Gasteiger charge is -2.21. The molecule has 4 heteroatoms. The molecule has 0 spiro atoms. The molecule has 0 amide bonds. The van der Waals surface area contributed by atoms with Crippen LogP contribution in [-0.4, -0.2) is 11.8 Å². The Morgan fingerprint density at radius 2 is 2.08 bits per heavy atom. The average molecular weight is 197 g/mol. The van der Waals surface area contributed by atoms with E-state index in [0.29, 0.717) is 0 Å². The van der Waals surface area contributed by atoms with Crippen LogP contribution in [0.2, 0.25) is 0 Å². The minimum atomic E-state index is -1.63. The predicted octanol–water partition coefficient (Wildman–Crippen LogP) is 0.345. The first-order chi connectivity index (χ1) is 5.96. The molecule has 0 aromatic carbocycles. The topological polar surface area (TPSA) is 57.2 Å². The zero-order valence-corrected chi connectivity index (χ0v) is 8.18. The number of carboxylic acid groups (broad SMARTS) is 1. The third-order valence-electron chi connectivity index (χ3n) is 1.89. The maximum Gasteiger partial charge on any atom is 0.189 e. The van der Waals surface area contributed by atoms with E-state index < -0.39 is 17.2 Å². The van der Waals surface area contributed by atoms with Gasteiger partial charge in [0.1, 0.15) is 5.97 Å². The molecule has 0 bridgehead atoms. The second-order valence-electron chi connectivity index (χ2n) is 3.22. The van der Waals surface area contributed by atoms with E-state index in [-0.39, 0.29) is 0 Å². The summed E-state index contributed by atoms with van der Waals surface area (Å²) in [7, 11) is 0. The van der Waals surface area contributed by atoms with Gasteiger partial charge in [-0.25, -0.2) is 0 Å². The van der Waals surface area contributed by atoms with E-state index in [1.54, 1.807) is 31.4 Å². The highest BCUT2D eigenvalue weighted by atomic mass is 32.1. The highest BCUT2D eigenvalue weighted by Crippen LogP contribution is 2.27. The number of carbonyl (C=O) groups is 2. The second kappa shape index (κ2) is 3.30. The third-order valence-corrected chi connectivity index (χ3v) is 3.08. The van der Waals surface area contributed by atoms with Crippen LogP contribution in [0, 0.1) is 0 Å². The summed E-state index contributed by atoms with van der Waals surface area (Å²) < 4.78 is 0. The monoisotopic (exact) mass is 197 g/mol. The van der Waals surface area contributed by atoms with E-state index >= 15 is 0 Å². The largest absolute Gasteiger partial charge is 0.542 e. The van der Waals surface area contributed by atoms with Crippen LogP contribution in [-0.2, 0) is 15.0 Å². The number of hydrogen-bond acceptors (Lipinski definition) is 4. The predicted molar refractivity (Wildman–Crippen MR) is 47.4 cm³/mol. The molecular weight excluding hydrogens is 188 g/mol. The van der Waals surface area contributed by atoms with Gasteiger partial charge in [-0.15, -0.1) is 11.3 Å². The van der Waals surface area contributed by atoms with Crippen molar-refractivity contribution >= 4 is 23.1 Å². The van der Waals surface area contributed by atoms with Gasteiger partial charge in [-0.3, -0.25) is 4.79 Å². The van der Waals surface area contributed by atoms with Crippen LogP contribution < -0.4 is 5.11 Å². The number of ketones is 1. The summed E-state index contributed by atoms with van der Waals surface area (Å²) in [5.74, 6) is -2.51. The van der Waals surface area contributed by atoms with Crippen molar-refractivity contribution in [2.24, 2.45) is 0 Å². The summed E-state index contributed by atoms with van der Waals surface area (Å²) in [6.07, 6.45) is 0. The van der Waals surface area contributed by atoms with E-state index in [2.05, 4.69) is 0 Å². The van der Waals surface area contributed by atoms with Gasteiger partial charge in [0.05, 0.1) is 5.41 Å². The average Bonchev–Trinajstić information content (AvgIpc) is 2.54. The van der Waals surface area contributed by atoms with Crippen LogP contribution in [0.3, 0.4) is 0 Å². The fourth-order valence-electron chi connectivity index (χ4n) is 1.00. The molecule has 0 aliphatic carbocycles. The Morgan fingerprint density at radius 3 is 2.46 bits per heavy atom. The summed E-state index contributed by atoms with van der Waals surface area (Å²) in [6.45, 7) is 3.16. The van der Waals surface area contributed by atoms with E-state index in [4.69, 9.17) is 0 Å². The van der Waals surface area contributed by atoms with Gasteiger partial charge in [0.25, 0.3) is 0 Å². The molecule has 1 aromatic heterocycles. The Hall–Kier alpha value is -1.16. The summed E-state index contributed by atoms with van der Waals surface area (Å²) in [5, 5.41) is 12.2. The van der Waals surface area contributed by atoms with Crippen molar-refractivity contribution in [2.75, 3.05) is 0 Å². The summed E-state index contributed by atoms with van der Waals surface area (Å²) >= 11 is 1.36. The molecule has 1 heterocycles. The van der Waals surface area contributed by atoms with Crippen molar-refractivity contribution in [2.45, 2.75) is 19.3 Å². The molecule has 0 saturated carbocycles. The Labute approximate surface area is 80.0 Å². The van der Waals surface area contributed by atoms with Crippen molar-refractivity contribution in [3.8, 4) is 0 Å². The van der Waals surface area contributed by atoms with Gasteiger partial charge in [-0.2, -0.15) is 0 Å². The number of carboxylic acids is 1. The molecule has 70 valence electrons. The van der Waals surface area contributed by atoms with E-state index in [1.807, 2.05) is 0 Å². The molecule has 3 nitrogen and oxygen atoms in total. The van der Waals surface area contributed by atoms with Gasteiger partial charge >= 0.3 is 0 Å². The van der Waals surface area contributed by atoms with Gasteiger partial charge in [0.15, 0.2) is 5.78 Å². The van der Waals surface area contributed by atoms with Crippen molar-refractivity contribution in [3.05, 3.63) is 22.4 Å². The summed E-state index contributed by atoms with van der Waals surface area (Å²) in [5.41, 5.74) is -0.979. The fraction of sp³-hybridized carbons (Fsp3) is 0.333. The van der Waals surface area contributed by atoms with Crippen LogP contribution in [0.15, 0.2) is 17.5 Å². The second-order valence-corrected chi connectivity index (χ2v) is 4.17. The molecule has 0 atom stereocenters. The SMILES string of the molecule is CC(C)(C(=O)C(=O)[O-])c1cccs1. The number of hydrogen-bond donors (Lipinski definition) is 0. The van der Waals surface area contributed by atoms with E-state index in [9.17, 15) is 14.7 Å². The molecular formula is C9H9O3S-. The first-order valence-electron chi connectivity index (χ1n) is 3.76. The first kappa shape index (κ1) is 9.92. The quantitative estimate of drug-likeness (QED) is 0.657. The maximum atomic E-state index is 11.2. The zero-order chi connectivity index (χ0) is 10.1. The summed E-state index contributed by atoms with van der Waals surface area (Å²) in [4.78, 5) is 22.3. The number of Topliss-reactive ketones (excluding diaryl/α,β-unsaturated/α-hetero) is 1. The molecule has 0 fully saturated rings. The zero-order valence-electron chi connectivity index (χ0n) is 7.37.